The van der Waals surface area contributed by atoms with Crippen molar-refractivity contribution in [2.24, 2.45) is 0 Å². The van der Waals surface area contributed by atoms with Crippen LogP contribution in [0.5, 0.6) is 6.01 Å². The van der Waals surface area contributed by atoms with Gasteiger partial charge in [0.05, 0.1) is 6.61 Å². The molecule has 6 heteroatoms. The molecule has 2 aromatic rings. The number of hydrogen-bond donors (Lipinski definition) is 2. The van der Waals surface area contributed by atoms with E-state index in [2.05, 4.69) is 20.3 Å². The Kier molecular flexibility index (Phi) is 3.34. The van der Waals surface area contributed by atoms with Crippen molar-refractivity contribution in [1.29, 1.82) is 0 Å². The third-order valence-electron chi connectivity index (χ3n) is 1.94. The van der Waals surface area contributed by atoms with Gasteiger partial charge in [-0.25, -0.2) is 0 Å². The topological polar surface area (TPSA) is 86.0 Å². The lowest BCUT2D eigenvalue weighted by Crippen LogP contribution is -2.06. The van der Waals surface area contributed by atoms with Crippen LogP contribution in [0.2, 0.25) is 0 Å². The molecule has 2 rings (SSSR count). The lowest BCUT2D eigenvalue weighted by molar-refractivity contribution is 0.312. The molecule has 1 heterocycles. The molecule has 88 valence electrons. The summed E-state index contributed by atoms with van der Waals surface area (Å²) in [5, 5.41) is 3.02. The summed E-state index contributed by atoms with van der Waals surface area (Å²) in [5.41, 5.74) is 6.44. The highest BCUT2D eigenvalue weighted by molar-refractivity contribution is 5.53. The van der Waals surface area contributed by atoms with E-state index in [9.17, 15) is 0 Å². The van der Waals surface area contributed by atoms with Crippen molar-refractivity contribution in [3.63, 3.8) is 0 Å². The fourth-order valence-electron chi connectivity index (χ4n) is 1.27. The SMILES string of the molecule is CCOc1nc(N)nc(Nc2ccccc2)n1. The van der Waals surface area contributed by atoms with E-state index in [4.69, 9.17) is 10.5 Å². The van der Waals surface area contributed by atoms with Crippen molar-refractivity contribution < 1.29 is 4.74 Å². The fourth-order valence-corrected chi connectivity index (χ4v) is 1.27. The molecule has 0 saturated heterocycles. The molecule has 0 aliphatic heterocycles. The van der Waals surface area contributed by atoms with Gasteiger partial charge in [-0.05, 0) is 19.1 Å². The minimum absolute atomic E-state index is 0.127. The molecule has 0 saturated carbocycles. The predicted molar refractivity (Wildman–Crippen MR) is 65.1 cm³/mol. The normalized spacial score (nSPS) is 9.94. The van der Waals surface area contributed by atoms with Crippen molar-refractivity contribution >= 4 is 17.6 Å². The van der Waals surface area contributed by atoms with E-state index in [1.54, 1.807) is 0 Å². The minimum Gasteiger partial charge on any atom is -0.464 e. The van der Waals surface area contributed by atoms with E-state index in [-0.39, 0.29) is 12.0 Å². The zero-order chi connectivity index (χ0) is 12.1. The van der Waals surface area contributed by atoms with Crippen LogP contribution in [0.1, 0.15) is 6.92 Å². The molecule has 0 atom stereocenters. The van der Waals surface area contributed by atoms with Crippen LogP contribution in [0.3, 0.4) is 0 Å². The summed E-state index contributed by atoms with van der Waals surface area (Å²) >= 11 is 0. The molecule has 1 aromatic heterocycles. The van der Waals surface area contributed by atoms with Crippen LogP contribution in [0.4, 0.5) is 17.6 Å². The largest absolute Gasteiger partial charge is 0.464 e. The number of nitrogen functional groups attached to an aromatic ring is 1. The number of ether oxygens (including phenoxy) is 1. The van der Waals surface area contributed by atoms with Gasteiger partial charge in [0.15, 0.2) is 0 Å². The standard InChI is InChI=1S/C11H13N5O/c1-2-17-11-15-9(12)14-10(16-11)13-8-6-4-3-5-7-8/h3-7H,2H2,1H3,(H3,12,13,14,15,16). The van der Waals surface area contributed by atoms with E-state index in [0.29, 0.717) is 12.6 Å². The number of nitrogens with one attached hydrogen (secondary N) is 1. The Balaban J connectivity index is 2.21. The number of nitrogens with zero attached hydrogens (tertiary/aromatic N) is 3. The second-order valence-corrected chi connectivity index (χ2v) is 3.22. The predicted octanol–water partition coefficient (Wildman–Crippen LogP) is 1.60. The van der Waals surface area contributed by atoms with E-state index in [0.717, 1.165) is 5.69 Å². The third kappa shape index (κ3) is 3.04. The first-order valence-corrected chi connectivity index (χ1v) is 5.24. The number of hydrogen-bond acceptors (Lipinski definition) is 6. The molecule has 0 aliphatic carbocycles. The molecular formula is C11H13N5O. The summed E-state index contributed by atoms with van der Waals surface area (Å²) in [6.07, 6.45) is 0. The summed E-state index contributed by atoms with van der Waals surface area (Å²) in [6, 6.07) is 9.78. The van der Waals surface area contributed by atoms with Gasteiger partial charge in [-0.15, -0.1) is 0 Å². The van der Waals surface area contributed by atoms with Crippen LogP contribution in [0.15, 0.2) is 30.3 Å². The summed E-state index contributed by atoms with van der Waals surface area (Å²) in [5.74, 6) is 0.494. The molecule has 17 heavy (non-hydrogen) atoms. The van der Waals surface area contributed by atoms with Gasteiger partial charge in [-0.3, -0.25) is 0 Å². The maximum Gasteiger partial charge on any atom is 0.323 e. The molecule has 0 unspecified atom stereocenters. The first kappa shape index (κ1) is 11.1. The smallest absolute Gasteiger partial charge is 0.323 e. The molecule has 0 spiro atoms. The lowest BCUT2D eigenvalue weighted by atomic mass is 10.3. The van der Waals surface area contributed by atoms with Crippen molar-refractivity contribution in [2.45, 2.75) is 6.92 Å². The van der Waals surface area contributed by atoms with Gasteiger partial charge in [-0.2, -0.15) is 15.0 Å². The van der Waals surface area contributed by atoms with Gasteiger partial charge in [0.25, 0.3) is 0 Å². The summed E-state index contributed by atoms with van der Waals surface area (Å²) < 4.78 is 5.18. The first-order valence-electron chi connectivity index (χ1n) is 5.24. The molecule has 0 amide bonds. The lowest BCUT2D eigenvalue weighted by Gasteiger charge is -2.06. The second kappa shape index (κ2) is 5.11. The number of nitrogens with two attached hydrogens (primary N) is 1. The molecule has 3 N–H and O–H groups in total. The summed E-state index contributed by atoms with van der Waals surface area (Å²) in [7, 11) is 0. The average Bonchev–Trinajstić information content (AvgIpc) is 2.30. The highest BCUT2D eigenvalue weighted by atomic mass is 16.5. The van der Waals surface area contributed by atoms with Crippen LogP contribution in [-0.2, 0) is 0 Å². The zero-order valence-corrected chi connectivity index (χ0v) is 9.42. The second-order valence-electron chi connectivity index (χ2n) is 3.22. The van der Waals surface area contributed by atoms with Crippen molar-refractivity contribution in [3.8, 4) is 6.01 Å². The van der Waals surface area contributed by atoms with Gasteiger partial charge in [0.1, 0.15) is 0 Å². The highest BCUT2D eigenvalue weighted by Gasteiger charge is 2.04. The molecule has 6 nitrogen and oxygen atoms in total. The summed E-state index contributed by atoms with van der Waals surface area (Å²) in [6.45, 7) is 2.33. The van der Waals surface area contributed by atoms with Crippen LogP contribution in [0.25, 0.3) is 0 Å². The van der Waals surface area contributed by atoms with E-state index < -0.39 is 0 Å². The molecular weight excluding hydrogens is 218 g/mol. The van der Waals surface area contributed by atoms with E-state index in [1.807, 2.05) is 37.3 Å². The molecule has 0 bridgehead atoms. The molecule has 0 fully saturated rings. The highest BCUT2D eigenvalue weighted by Crippen LogP contribution is 2.14. The Morgan fingerprint density at radius 3 is 2.65 bits per heavy atom. The third-order valence-corrected chi connectivity index (χ3v) is 1.94. The maximum absolute atomic E-state index is 5.56. The Morgan fingerprint density at radius 1 is 1.18 bits per heavy atom. The monoisotopic (exact) mass is 231 g/mol. The zero-order valence-electron chi connectivity index (χ0n) is 9.42. The number of rotatable bonds is 4. The Hall–Kier alpha value is -2.37. The van der Waals surface area contributed by atoms with Crippen LogP contribution in [-0.4, -0.2) is 21.6 Å². The summed E-state index contributed by atoms with van der Waals surface area (Å²) in [4.78, 5) is 11.9. The number of aromatic nitrogens is 3. The van der Waals surface area contributed by atoms with Crippen molar-refractivity contribution in [1.82, 2.24) is 15.0 Å². The van der Waals surface area contributed by atoms with Crippen LogP contribution >= 0.6 is 0 Å². The van der Waals surface area contributed by atoms with Gasteiger partial charge in [-0.1, -0.05) is 18.2 Å². The van der Waals surface area contributed by atoms with Gasteiger partial charge in [0.2, 0.25) is 11.9 Å². The quantitative estimate of drug-likeness (QED) is 0.831. The molecule has 0 radical (unpaired) electrons. The van der Waals surface area contributed by atoms with Gasteiger partial charge >= 0.3 is 6.01 Å². The number of para-hydroxylation sites is 1. The van der Waals surface area contributed by atoms with Gasteiger partial charge < -0.3 is 15.8 Å². The van der Waals surface area contributed by atoms with Crippen LogP contribution < -0.4 is 15.8 Å². The Labute approximate surface area is 98.9 Å². The number of benzene rings is 1. The van der Waals surface area contributed by atoms with E-state index in [1.165, 1.54) is 0 Å². The fraction of sp³-hybridized carbons (Fsp3) is 0.182. The van der Waals surface area contributed by atoms with Crippen molar-refractivity contribution in [2.75, 3.05) is 17.7 Å². The Bertz CT molecular complexity index is 488. The number of anilines is 3. The first-order chi connectivity index (χ1) is 8.28. The minimum atomic E-state index is 0.127. The molecule has 0 aliphatic rings. The molecule has 1 aromatic carbocycles. The maximum atomic E-state index is 5.56. The average molecular weight is 231 g/mol. The Morgan fingerprint density at radius 2 is 1.94 bits per heavy atom. The van der Waals surface area contributed by atoms with Gasteiger partial charge in [0, 0.05) is 5.69 Å². The van der Waals surface area contributed by atoms with Crippen molar-refractivity contribution in [3.05, 3.63) is 30.3 Å². The van der Waals surface area contributed by atoms with E-state index >= 15 is 0 Å². The van der Waals surface area contributed by atoms with Crippen LogP contribution in [0, 0.1) is 0 Å².